The highest BCUT2D eigenvalue weighted by molar-refractivity contribution is 8.15. The molecule has 148 valence electrons. The molecule has 1 amide bonds. The van der Waals surface area contributed by atoms with Crippen LogP contribution in [0.1, 0.15) is 38.7 Å². The average molecular weight is 404 g/mol. The second-order valence-electron chi connectivity index (χ2n) is 7.64. The van der Waals surface area contributed by atoms with Crippen molar-refractivity contribution >= 4 is 22.7 Å². The molecule has 3 aliphatic rings. The maximum atomic E-state index is 14.5. The van der Waals surface area contributed by atoms with E-state index in [4.69, 9.17) is 4.74 Å². The van der Waals surface area contributed by atoms with Crippen LogP contribution in [0.4, 0.5) is 8.78 Å². The van der Waals surface area contributed by atoms with E-state index in [0.717, 1.165) is 17.7 Å². The molecule has 2 heterocycles. The van der Waals surface area contributed by atoms with Gasteiger partial charge in [0.1, 0.15) is 27.3 Å². The van der Waals surface area contributed by atoms with E-state index in [2.05, 4.69) is 5.10 Å². The summed E-state index contributed by atoms with van der Waals surface area (Å²) in [5.41, 5.74) is 0.846. The Bertz CT molecular complexity index is 896. The van der Waals surface area contributed by atoms with E-state index in [1.54, 1.807) is 0 Å². The summed E-state index contributed by atoms with van der Waals surface area (Å²) in [6.07, 6.45) is 3.08. The zero-order chi connectivity index (χ0) is 19.9. The molecule has 0 radical (unpaired) electrons. The van der Waals surface area contributed by atoms with Crippen LogP contribution in [0.25, 0.3) is 0 Å². The topological polar surface area (TPSA) is 41.9 Å². The number of rotatable bonds is 3. The lowest BCUT2D eigenvalue weighted by molar-refractivity contribution is -0.136. The van der Waals surface area contributed by atoms with Crippen LogP contribution in [0.3, 0.4) is 0 Å². The first-order valence-corrected chi connectivity index (χ1v) is 10.3. The second kappa shape index (κ2) is 7.35. The van der Waals surface area contributed by atoms with Crippen molar-refractivity contribution in [2.45, 2.75) is 38.0 Å². The predicted octanol–water partition coefficient (Wildman–Crippen LogP) is 5.28. The largest absolute Gasteiger partial charge is 0.493 e. The summed E-state index contributed by atoms with van der Waals surface area (Å²) < 4.78 is 34.1. The minimum atomic E-state index is -0.793. The maximum absolute atomic E-state index is 14.5. The Labute approximate surface area is 167 Å². The fraction of sp³-hybridized carbons (Fsp3) is 0.429. The summed E-state index contributed by atoms with van der Waals surface area (Å²) in [6, 6.07) is 7.55. The van der Waals surface area contributed by atoms with Gasteiger partial charge >= 0.3 is 0 Å². The summed E-state index contributed by atoms with van der Waals surface area (Å²) in [7, 11) is 0. The summed E-state index contributed by atoms with van der Waals surface area (Å²) in [4.78, 5) is 12.3. The minimum Gasteiger partial charge on any atom is -0.493 e. The highest BCUT2D eigenvalue weighted by Crippen LogP contribution is 2.55. The Morgan fingerprint density at radius 3 is 2.93 bits per heavy atom. The van der Waals surface area contributed by atoms with E-state index in [9.17, 15) is 13.6 Å². The van der Waals surface area contributed by atoms with Gasteiger partial charge in [-0.05, 0) is 24.1 Å². The quantitative estimate of drug-likeness (QED) is 0.688. The lowest BCUT2D eigenvalue weighted by Crippen LogP contribution is -2.45. The van der Waals surface area contributed by atoms with Crippen molar-refractivity contribution in [3.8, 4) is 5.75 Å². The first-order chi connectivity index (χ1) is 13.4. The third kappa shape index (κ3) is 3.26. The van der Waals surface area contributed by atoms with Crippen LogP contribution in [0, 0.1) is 11.8 Å². The number of amides is 1. The lowest BCUT2D eigenvalue weighted by atomic mass is 9.98. The number of nitrogens with zero attached hydrogens (tertiary/aromatic N) is 2. The number of carbonyl (C=O) groups excluding carboxylic acids is 1. The molecule has 0 bridgehead atoms. The molecule has 0 saturated carbocycles. The number of allylic oxidation sites excluding steroid dienone is 4. The van der Waals surface area contributed by atoms with Gasteiger partial charge in [0.15, 0.2) is 0 Å². The van der Waals surface area contributed by atoms with Crippen molar-refractivity contribution in [3.05, 3.63) is 53.6 Å². The SMILES string of the molecule is CC(C)CC(=O)N1N=C(C2CC(F)=CC=C2F)SC12CCOc1ccccc12. The summed E-state index contributed by atoms with van der Waals surface area (Å²) in [6.45, 7) is 4.37. The number of para-hydroxylation sites is 1. The van der Waals surface area contributed by atoms with E-state index in [1.807, 2.05) is 38.1 Å². The lowest BCUT2D eigenvalue weighted by Gasteiger charge is -2.40. The van der Waals surface area contributed by atoms with E-state index < -0.39 is 16.6 Å². The number of hydrogen-bond donors (Lipinski definition) is 0. The van der Waals surface area contributed by atoms with Crippen molar-refractivity contribution in [2.75, 3.05) is 6.61 Å². The van der Waals surface area contributed by atoms with Crippen molar-refractivity contribution in [1.82, 2.24) is 5.01 Å². The van der Waals surface area contributed by atoms with Gasteiger partial charge in [-0.2, -0.15) is 5.10 Å². The Morgan fingerprint density at radius 1 is 1.36 bits per heavy atom. The zero-order valence-corrected chi connectivity index (χ0v) is 16.6. The summed E-state index contributed by atoms with van der Waals surface area (Å²) in [5.74, 6) is -0.866. The van der Waals surface area contributed by atoms with E-state index in [1.165, 1.54) is 16.8 Å². The normalized spacial score (nSPS) is 26.5. The Kier molecular flexibility index (Phi) is 5.04. The number of ether oxygens (including phenoxy) is 1. The van der Waals surface area contributed by atoms with Gasteiger partial charge in [0.2, 0.25) is 5.91 Å². The van der Waals surface area contributed by atoms with Crippen LogP contribution in [-0.2, 0) is 9.67 Å². The van der Waals surface area contributed by atoms with Gasteiger partial charge in [0.05, 0.1) is 12.5 Å². The molecule has 0 fully saturated rings. The van der Waals surface area contributed by atoms with Crippen LogP contribution in [0.15, 0.2) is 53.2 Å². The molecule has 0 saturated heterocycles. The Morgan fingerprint density at radius 2 is 2.14 bits per heavy atom. The smallest absolute Gasteiger partial charge is 0.244 e. The predicted molar refractivity (Wildman–Crippen MR) is 106 cm³/mol. The van der Waals surface area contributed by atoms with Crippen LogP contribution in [-0.4, -0.2) is 22.6 Å². The first kappa shape index (κ1) is 19.2. The Hall–Kier alpha value is -2.15. The average Bonchev–Trinajstić information content (AvgIpc) is 3.03. The van der Waals surface area contributed by atoms with Gasteiger partial charge in [-0.15, -0.1) is 0 Å². The third-order valence-corrected chi connectivity index (χ3v) is 6.60. The van der Waals surface area contributed by atoms with E-state index in [-0.39, 0.29) is 24.1 Å². The molecule has 1 aromatic rings. The molecule has 0 N–H and O–H groups in total. The molecule has 4 nitrogen and oxygen atoms in total. The third-order valence-electron chi connectivity index (χ3n) is 5.09. The molecule has 4 rings (SSSR count). The second-order valence-corrected chi connectivity index (χ2v) is 8.94. The van der Waals surface area contributed by atoms with Crippen molar-refractivity contribution < 1.29 is 18.3 Å². The molecular formula is C21H22F2N2O2S. The Balaban J connectivity index is 1.76. The van der Waals surface area contributed by atoms with E-state index in [0.29, 0.717) is 30.2 Å². The highest BCUT2D eigenvalue weighted by Gasteiger charge is 2.52. The van der Waals surface area contributed by atoms with Gasteiger partial charge in [0.25, 0.3) is 0 Å². The molecule has 2 atom stereocenters. The standard InChI is InChI=1S/C21H22F2N2O2S/c1-13(2)11-19(26)25-21(9-10-27-18-6-4-3-5-16(18)21)28-20(24-25)15-12-14(22)7-8-17(15)23/h3-8,13,15H,9-12H2,1-2H3. The van der Waals surface area contributed by atoms with Crippen LogP contribution < -0.4 is 4.74 Å². The van der Waals surface area contributed by atoms with Crippen LogP contribution in [0.5, 0.6) is 5.75 Å². The van der Waals surface area contributed by atoms with Crippen molar-refractivity contribution in [2.24, 2.45) is 16.9 Å². The van der Waals surface area contributed by atoms with Gasteiger partial charge in [-0.3, -0.25) is 4.79 Å². The van der Waals surface area contributed by atoms with Crippen molar-refractivity contribution in [3.63, 3.8) is 0 Å². The molecule has 2 unspecified atom stereocenters. The van der Waals surface area contributed by atoms with Gasteiger partial charge < -0.3 is 4.74 Å². The number of hydrogen-bond acceptors (Lipinski definition) is 4. The monoisotopic (exact) mass is 404 g/mol. The number of hydrazone groups is 1. The fourth-order valence-electron chi connectivity index (χ4n) is 3.78. The number of halogens is 2. The van der Waals surface area contributed by atoms with Gasteiger partial charge in [-0.1, -0.05) is 43.8 Å². The maximum Gasteiger partial charge on any atom is 0.244 e. The molecule has 0 aromatic heterocycles. The molecule has 28 heavy (non-hydrogen) atoms. The molecule has 1 aliphatic carbocycles. The molecular weight excluding hydrogens is 382 g/mol. The molecule has 1 spiro atoms. The minimum absolute atomic E-state index is 0.0748. The van der Waals surface area contributed by atoms with E-state index >= 15 is 0 Å². The first-order valence-electron chi connectivity index (χ1n) is 9.45. The van der Waals surface area contributed by atoms with Crippen LogP contribution >= 0.6 is 11.8 Å². The highest BCUT2D eigenvalue weighted by atomic mass is 32.2. The summed E-state index contributed by atoms with van der Waals surface area (Å²) in [5, 5.41) is 6.49. The molecule has 7 heteroatoms. The van der Waals surface area contributed by atoms with Crippen LogP contribution in [0.2, 0.25) is 0 Å². The number of fused-ring (bicyclic) bond motifs is 2. The number of benzene rings is 1. The van der Waals surface area contributed by atoms with Crippen molar-refractivity contribution in [1.29, 1.82) is 0 Å². The summed E-state index contributed by atoms with van der Waals surface area (Å²) >= 11 is 1.35. The molecule has 2 aliphatic heterocycles. The van der Waals surface area contributed by atoms with Gasteiger partial charge in [0, 0.05) is 24.8 Å². The van der Waals surface area contributed by atoms with Gasteiger partial charge in [-0.25, -0.2) is 13.8 Å². The zero-order valence-electron chi connectivity index (χ0n) is 15.8. The fourth-order valence-corrected chi connectivity index (χ4v) is 5.28. The molecule has 1 aromatic carbocycles. The number of carbonyl (C=O) groups is 1. The number of thioether (sulfide) groups is 1.